The second-order valence-corrected chi connectivity index (χ2v) is 8.58. The Balaban J connectivity index is 1.59. The molecule has 31 heavy (non-hydrogen) atoms. The lowest BCUT2D eigenvalue weighted by Crippen LogP contribution is -2.30. The van der Waals surface area contributed by atoms with Crippen LogP contribution in [0.3, 0.4) is 0 Å². The number of aromatic nitrogens is 2. The number of pyridine rings is 1. The van der Waals surface area contributed by atoms with Crippen molar-refractivity contribution in [1.82, 2.24) is 14.9 Å². The Hall–Kier alpha value is -3.17. The lowest BCUT2D eigenvalue weighted by molar-refractivity contribution is 0.474. The average Bonchev–Trinajstić information content (AvgIpc) is 3.12. The Morgan fingerprint density at radius 3 is 2.71 bits per heavy atom. The molecule has 156 valence electrons. The molecule has 0 radical (unpaired) electrons. The topological polar surface area (TPSA) is 29.9 Å². The standard InChI is InChI=1S/C28H29N3/c1-20-8-11-26-24(18-20)28-25(10-9-22-6-4-3-5-7-22)30-17-14-27(28)31(26)19-21(2)23-12-15-29-16-13-23/h3-8,11-13,15-16,18-19,25,30H,9-10,14,17H2,1-2H3. The largest absolute Gasteiger partial charge is 0.320 e. The monoisotopic (exact) mass is 407 g/mol. The van der Waals surface area contributed by atoms with Gasteiger partial charge in [0.1, 0.15) is 0 Å². The summed E-state index contributed by atoms with van der Waals surface area (Å²) >= 11 is 0. The maximum absolute atomic E-state index is 4.17. The van der Waals surface area contributed by atoms with Crippen LogP contribution in [0.4, 0.5) is 0 Å². The first kappa shape index (κ1) is 19.8. The molecule has 0 amide bonds. The molecule has 0 aliphatic carbocycles. The van der Waals surface area contributed by atoms with E-state index >= 15 is 0 Å². The van der Waals surface area contributed by atoms with Crippen molar-refractivity contribution in [2.75, 3.05) is 6.54 Å². The van der Waals surface area contributed by atoms with Crippen molar-refractivity contribution in [1.29, 1.82) is 0 Å². The zero-order valence-electron chi connectivity index (χ0n) is 18.3. The predicted molar refractivity (Wildman–Crippen MR) is 130 cm³/mol. The van der Waals surface area contributed by atoms with E-state index in [1.807, 2.05) is 12.4 Å². The Kier molecular flexibility index (Phi) is 5.44. The number of allylic oxidation sites excluding steroid dienone is 1. The Morgan fingerprint density at radius 1 is 1.10 bits per heavy atom. The average molecular weight is 408 g/mol. The number of aryl methyl sites for hydroxylation is 2. The van der Waals surface area contributed by atoms with Crippen molar-refractivity contribution in [3.05, 3.63) is 101 Å². The van der Waals surface area contributed by atoms with E-state index in [-0.39, 0.29) is 0 Å². The lowest BCUT2D eigenvalue weighted by Gasteiger charge is -2.26. The van der Waals surface area contributed by atoms with Crippen molar-refractivity contribution in [3.63, 3.8) is 0 Å². The van der Waals surface area contributed by atoms with Gasteiger partial charge >= 0.3 is 0 Å². The number of hydrogen-bond acceptors (Lipinski definition) is 2. The zero-order valence-corrected chi connectivity index (χ0v) is 18.3. The summed E-state index contributed by atoms with van der Waals surface area (Å²) in [6, 6.07) is 22.3. The van der Waals surface area contributed by atoms with E-state index in [1.165, 1.54) is 44.4 Å². The van der Waals surface area contributed by atoms with Crippen molar-refractivity contribution >= 4 is 22.7 Å². The van der Waals surface area contributed by atoms with E-state index in [9.17, 15) is 0 Å². The maximum Gasteiger partial charge on any atom is 0.0529 e. The summed E-state index contributed by atoms with van der Waals surface area (Å²) in [5.41, 5.74) is 9.43. The number of benzene rings is 2. The van der Waals surface area contributed by atoms with Gasteiger partial charge in [-0.05, 0) is 73.2 Å². The van der Waals surface area contributed by atoms with Gasteiger partial charge in [0.2, 0.25) is 0 Å². The van der Waals surface area contributed by atoms with E-state index in [4.69, 9.17) is 0 Å². The summed E-state index contributed by atoms with van der Waals surface area (Å²) in [5.74, 6) is 0. The number of fused-ring (bicyclic) bond motifs is 3. The first-order valence-electron chi connectivity index (χ1n) is 11.2. The van der Waals surface area contributed by atoms with Gasteiger partial charge in [-0.2, -0.15) is 0 Å². The van der Waals surface area contributed by atoms with Crippen LogP contribution >= 0.6 is 0 Å². The minimum Gasteiger partial charge on any atom is -0.320 e. The summed E-state index contributed by atoms with van der Waals surface area (Å²) in [5, 5.41) is 5.20. The molecule has 5 rings (SSSR count). The predicted octanol–water partition coefficient (Wildman–Crippen LogP) is 6.18. The molecule has 1 aliphatic rings. The third-order valence-electron chi connectivity index (χ3n) is 6.43. The summed E-state index contributed by atoms with van der Waals surface area (Å²) in [4.78, 5) is 4.17. The van der Waals surface area contributed by atoms with Crippen molar-refractivity contribution < 1.29 is 0 Å². The number of nitrogens with one attached hydrogen (secondary N) is 1. The van der Waals surface area contributed by atoms with E-state index in [1.54, 1.807) is 0 Å². The highest BCUT2D eigenvalue weighted by molar-refractivity contribution is 5.91. The molecule has 2 aromatic heterocycles. The minimum absolute atomic E-state index is 0.379. The van der Waals surface area contributed by atoms with E-state index in [2.05, 4.69) is 95.6 Å². The van der Waals surface area contributed by atoms with Crippen LogP contribution in [-0.4, -0.2) is 16.1 Å². The molecule has 1 unspecified atom stereocenters. The first-order valence-corrected chi connectivity index (χ1v) is 11.2. The summed E-state index contributed by atoms with van der Waals surface area (Å²) in [6.45, 7) is 5.40. The first-order chi connectivity index (χ1) is 15.2. The molecule has 2 aromatic carbocycles. The smallest absolute Gasteiger partial charge is 0.0529 e. The van der Waals surface area contributed by atoms with Crippen LogP contribution < -0.4 is 5.32 Å². The van der Waals surface area contributed by atoms with Gasteiger partial charge in [0.05, 0.1) is 5.52 Å². The van der Waals surface area contributed by atoms with Gasteiger partial charge in [0.25, 0.3) is 0 Å². The van der Waals surface area contributed by atoms with Gasteiger partial charge in [0.15, 0.2) is 0 Å². The van der Waals surface area contributed by atoms with Crippen LogP contribution in [0.1, 0.15) is 47.3 Å². The molecule has 0 spiro atoms. The van der Waals surface area contributed by atoms with Gasteiger partial charge in [-0.15, -0.1) is 0 Å². The van der Waals surface area contributed by atoms with Crippen LogP contribution in [0, 0.1) is 6.92 Å². The third kappa shape index (κ3) is 3.94. The molecule has 3 nitrogen and oxygen atoms in total. The van der Waals surface area contributed by atoms with E-state index in [0.29, 0.717) is 6.04 Å². The highest BCUT2D eigenvalue weighted by Gasteiger charge is 2.26. The molecule has 0 fully saturated rings. The Labute approximate surface area is 184 Å². The second kappa shape index (κ2) is 8.52. The van der Waals surface area contributed by atoms with Crippen molar-refractivity contribution in [2.24, 2.45) is 0 Å². The van der Waals surface area contributed by atoms with Gasteiger partial charge in [-0.1, -0.05) is 42.0 Å². The molecule has 1 N–H and O–H groups in total. The van der Waals surface area contributed by atoms with Gasteiger partial charge in [0, 0.05) is 48.7 Å². The van der Waals surface area contributed by atoms with Gasteiger partial charge in [-0.25, -0.2) is 0 Å². The molecule has 0 bridgehead atoms. The molecule has 1 aliphatic heterocycles. The molecular weight excluding hydrogens is 378 g/mol. The lowest BCUT2D eigenvalue weighted by atomic mass is 9.92. The molecule has 0 saturated heterocycles. The fourth-order valence-electron chi connectivity index (χ4n) is 4.85. The fourth-order valence-corrected chi connectivity index (χ4v) is 4.85. The molecular formula is C28H29N3. The summed E-state index contributed by atoms with van der Waals surface area (Å²) in [6.07, 6.45) is 9.28. The number of hydrogen-bond donors (Lipinski definition) is 1. The SMILES string of the molecule is CC(=Cn1c2c(c3cc(C)ccc31)C(CCc1ccccc1)NCC2)c1ccncc1. The van der Waals surface area contributed by atoms with Crippen LogP contribution in [0.5, 0.6) is 0 Å². The van der Waals surface area contributed by atoms with Crippen LogP contribution in [0.25, 0.3) is 22.7 Å². The summed E-state index contributed by atoms with van der Waals surface area (Å²) < 4.78 is 2.44. The van der Waals surface area contributed by atoms with Crippen molar-refractivity contribution in [3.8, 4) is 0 Å². The maximum atomic E-state index is 4.17. The minimum atomic E-state index is 0.379. The Morgan fingerprint density at radius 2 is 1.90 bits per heavy atom. The fraction of sp³-hybridized carbons (Fsp3) is 0.250. The zero-order chi connectivity index (χ0) is 21.2. The normalized spacial score (nSPS) is 16.5. The molecule has 0 saturated carbocycles. The molecule has 3 heteroatoms. The number of rotatable bonds is 5. The number of nitrogens with zero attached hydrogens (tertiary/aromatic N) is 2. The quantitative estimate of drug-likeness (QED) is 0.428. The van der Waals surface area contributed by atoms with Crippen LogP contribution in [0.15, 0.2) is 73.1 Å². The van der Waals surface area contributed by atoms with E-state index in [0.717, 1.165) is 25.8 Å². The second-order valence-electron chi connectivity index (χ2n) is 8.58. The van der Waals surface area contributed by atoms with E-state index < -0.39 is 0 Å². The highest BCUT2D eigenvalue weighted by atomic mass is 15.0. The van der Waals surface area contributed by atoms with Crippen LogP contribution in [0.2, 0.25) is 0 Å². The molecule has 3 heterocycles. The van der Waals surface area contributed by atoms with Gasteiger partial charge < -0.3 is 9.88 Å². The molecule has 1 atom stereocenters. The van der Waals surface area contributed by atoms with Gasteiger partial charge in [-0.3, -0.25) is 4.98 Å². The summed E-state index contributed by atoms with van der Waals surface area (Å²) in [7, 11) is 0. The molecule has 4 aromatic rings. The third-order valence-corrected chi connectivity index (χ3v) is 6.43. The highest BCUT2D eigenvalue weighted by Crippen LogP contribution is 2.37. The van der Waals surface area contributed by atoms with Crippen LogP contribution in [-0.2, 0) is 12.8 Å². The Bertz CT molecular complexity index is 1220. The van der Waals surface area contributed by atoms with Crippen molar-refractivity contribution in [2.45, 2.75) is 39.2 Å².